The number of benzene rings is 1. The second kappa shape index (κ2) is 7.45. The van der Waals surface area contributed by atoms with Crippen LogP contribution in [-0.2, 0) is 0 Å². The summed E-state index contributed by atoms with van der Waals surface area (Å²) in [6.07, 6.45) is 3.16. The fourth-order valence-corrected chi connectivity index (χ4v) is 2.97. The van der Waals surface area contributed by atoms with Gasteiger partial charge in [0.25, 0.3) is 5.91 Å². The van der Waals surface area contributed by atoms with Crippen LogP contribution in [-0.4, -0.2) is 35.5 Å². The minimum Gasteiger partial charge on any atom is -0.464 e. The third kappa shape index (κ3) is 3.52. The zero-order chi connectivity index (χ0) is 17.1. The van der Waals surface area contributed by atoms with Crippen molar-refractivity contribution in [3.8, 4) is 17.4 Å². The van der Waals surface area contributed by atoms with Gasteiger partial charge in [-0.05, 0) is 44.4 Å². The van der Waals surface area contributed by atoms with E-state index in [1.54, 1.807) is 23.1 Å². The Morgan fingerprint density at radius 3 is 2.67 bits per heavy atom. The molecule has 2 heterocycles. The van der Waals surface area contributed by atoms with E-state index in [9.17, 15) is 4.79 Å². The molecule has 0 aliphatic carbocycles. The number of nitrogens with zero attached hydrogens (tertiary/aromatic N) is 2. The average molecular weight is 369 g/mol. The molecule has 7 heteroatoms. The molecule has 0 bridgehead atoms. The predicted molar refractivity (Wildman–Crippen MR) is 92.9 cm³/mol. The van der Waals surface area contributed by atoms with Crippen molar-refractivity contribution in [2.45, 2.75) is 26.2 Å². The minimum absolute atomic E-state index is 0.147. The number of carbonyl (C=O) groups is 1. The molecule has 1 amide bonds. The maximum atomic E-state index is 12.7. The Kier molecular flexibility index (Phi) is 5.31. The maximum absolute atomic E-state index is 12.7. The first kappa shape index (κ1) is 17.1. The zero-order valence-electron chi connectivity index (χ0n) is 13.3. The Bertz CT molecular complexity index is 739. The molecule has 0 radical (unpaired) electrons. The summed E-state index contributed by atoms with van der Waals surface area (Å²) in [5.74, 6) is 0.278. The van der Waals surface area contributed by atoms with E-state index in [1.165, 1.54) is 0 Å². The first-order valence-electron chi connectivity index (χ1n) is 7.98. The molecule has 0 atom stereocenters. The van der Waals surface area contributed by atoms with E-state index in [-0.39, 0.29) is 23.4 Å². The van der Waals surface area contributed by atoms with Crippen LogP contribution >= 0.6 is 23.2 Å². The number of hydrogen-bond donors (Lipinski definition) is 0. The lowest BCUT2D eigenvalue weighted by molar-refractivity contribution is 0.0711. The first-order chi connectivity index (χ1) is 11.6. The molecule has 2 aromatic rings. The van der Waals surface area contributed by atoms with Crippen LogP contribution in [0.25, 0.3) is 11.5 Å². The predicted octanol–water partition coefficient (Wildman–Crippen LogP) is 4.67. The Hall–Kier alpha value is -1.72. The van der Waals surface area contributed by atoms with E-state index in [1.807, 2.05) is 6.92 Å². The Labute approximate surface area is 150 Å². The smallest absolute Gasteiger partial charge is 0.319 e. The Morgan fingerprint density at radius 1 is 1.25 bits per heavy atom. The minimum atomic E-state index is -0.159. The van der Waals surface area contributed by atoms with Gasteiger partial charge in [-0.1, -0.05) is 23.2 Å². The summed E-state index contributed by atoms with van der Waals surface area (Å²) in [5, 5.41) is 0.843. The van der Waals surface area contributed by atoms with Gasteiger partial charge in [0, 0.05) is 18.7 Å². The highest BCUT2D eigenvalue weighted by molar-refractivity contribution is 6.42. The lowest BCUT2D eigenvalue weighted by Gasteiger charge is -2.25. The van der Waals surface area contributed by atoms with Crippen molar-refractivity contribution in [1.82, 2.24) is 9.88 Å². The van der Waals surface area contributed by atoms with Crippen molar-refractivity contribution in [3.63, 3.8) is 0 Å². The number of rotatable bonds is 4. The van der Waals surface area contributed by atoms with Crippen LogP contribution < -0.4 is 4.74 Å². The molecule has 0 spiro atoms. The van der Waals surface area contributed by atoms with Crippen LogP contribution in [0.2, 0.25) is 10.0 Å². The van der Waals surface area contributed by atoms with Crippen LogP contribution in [0.4, 0.5) is 0 Å². The van der Waals surface area contributed by atoms with Gasteiger partial charge >= 0.3 is 5.95 Å². The molecule has 1 aromatic carbocycles. The summed E-state index contributed by atoms with van der Waals surface area (Å²) in [6, 6.07) is 5.06. The average Bonchev–Trinajstić information content (AvgIpc) is 3.02. The van der Waals surface area contributed by atoms with Crippen molar-refractivity contribution in [1.29, 1.82) is 0 Å². The quantitative estimate of drug-likeness (QED) is 0.786. The fourth-order valence-electron chi connectivity index (χ4n) is 2.67. The first-order valence-corrected chi connectivity index (χ1v) is 8.74. The highest BCUT2D eigenvalue weighted by Crippen LogP contribution is 2.32. The number of carbonyl (C=O) groups excluding carboxylic acids is 1. The molecule has 128 valence electrons. The number of oxazole rings is 1. The molecule has 1 fully saturated rings. The lowest BCUT2D eigenvalue weighted by Crippen LogP contribution is -2.36. The number of piperidine rings is 1. The third-order valence-corrected chi connectivity index (χ3v) is 4.62. The number of likely N-dealkylation sites (tertiary alicyclic amines) is 1. The molecular formula is C17H18Cl2N2O3. The van der Waals surface area contributed by atoms with E-state index < -0.39 is 0 Å². The monoisotopic (exact) mass is 368 g/mol. The van der Waals surface area contributed by atoms with Crippen LogP contribution in [0, 0.1) is 0 Å². The second-order valence-electron chi connectivity index (χ2n) is 5.57. The molecule has 5 nitrogen and oxygen atoms in total. The normalized spacial score (nSPS) is 14.7. The topological polar surface area (TPSA) is 55.6 Å². The summed E-state index contributed by atoms with van der Waals surface area (Å²) >= 11 is 12.0. The number of ether oxygens (including phenoxy) is 1. The van der Waals surface area contributed by atoms with Crippen LogP contribution in [0.5, 0.6) is 5.95 Å². The summed E-state index contributed by atoms with van der Waals surface area (Å²) < 4.78 is 11.1. The second-order valence-corrected chi connectivity index (χ2v) is 6.38. The molecule has 3 rings (SSSR count). The molecule has 1 aliphatic rings. The molecule has 24 heavy (non-hydrogen) atoms. The van der Waals surface area contributed by atoms with Crippen LogP contribution in [0.15, 0.2) is 22.6 Å². The van der Waals surface area contributed by atoms with Gasteiger partial charge in [0.15, 0.2) is 0 Å². The summed E-state index contributed by atoms with van der Waals surface area (Å²) in [4.78, 5) is 18.9. The van der Waals surface area contributed by atoms with Crippen LogP contribution in [0.1, 0.15) is 36.7 Å². The Balaban J connectivity index is 1.94. The van der Waals surface area contributed by atoms with Gasteiger partial charge in [0.2, 0.25) is 11.6 Å². The highest BCUT2D eigenvalue weighted by Gasteiger charge is 2.27. The number of hydrogen-bond acceptors (Lipinski definition) is 4. The zero-order valence-corrected chi connectivity index (χ0v) is 14.9. The largest absolute Gasteiger partial charge is 0.464 e. The number of aromatic nitrogens is 1. The van der Waals surface area contributed by atoms with Gasteiger partial charge < -0.3 is 14.1 Å². The maximum Gasteiger partial charge on any atom is 0.319 e. The van der Waals surface area contributed by atoms with Gasteiger partial charge in [-0.15, -0.1) is 0 Å². The third-order valence-electron chi connectivity index (χ3n) is 3.88. The molecule has 1 aliphatic heterocycles. The van der Waals surface area contributed by atoms with Crippen LogP contribution in [0.3, 0.4) is 0 Å². The Morgan fingerprint density at radius 2 is 2.00 bits per heavy atom. The van der Waals surface area contributed by atoms with E-state index in [0.717, 1.165) is 32.4 Å². The van der Waals surface area contributed by atoms with E-state index >= 15 is 0 Å². The van der Waals surface area contributed by atoms with Gasteiger partial charge in [-0.2, -0.15) is 4.98 Å². The molecule has 1 saturated heterocycles. The van der Waals surface area contributed by atoms with Gasteiger partial charge in [0.05, 0.1) is 16.7 Å². The van der Waals surface area contributed by atoms with Gasteiger partial charge in [0.1, 0.15) is 0 Å². The highest BCUT2D eigenvalue weighted by atomic mass is 35.5. The van der Waals surface area contributed by atoms with Gasteiger partial charge in [-0.25, -0.2) is 0 Å². The SMILES string of the molecule is CCOc1oc(-c2ccc(Cl)c(Cl)c2)nc1C(=O)N1CCCCC1. The van der Waals surface area contributed by atoms with E-state index in [2.05, 4.69) is 4.98 Å². The molecule has 1 aromatic heterocycles. The fraction of sp³-hybridized carbons (Fsp3) is 0.412. The lowest BCUT2D eigenvalue weighted by atomic mass is 10.1. The van der Waals surface area contributed by atoms with Crippen molar-refractivity contribution in [3.05, 3.63) is 33.9 Å². The van der Waals surface area contributed by atoms with Crippen molar-refractivity contribution < 1.29 is 13.9 Å². The standard InChI is InChI=1S/C17H18Cl2N2O3/c1-2-23-17-14(16(22)21-8-4-3-5-9-21)20-15(24-17)11-6-7-12(18)13(19)10-11/h6-7,10H,2-5,8-9H2,1H3. The van der Waals surface area contributed by atoms with Crippen molar-refractivity contribution in [2.24, 2.45) is 0 Å². The molecular weight excluding hydrogens is 351 g/mol. The van der Waals surface area contributed by atoms with Crippen molar-refractivity contribution >= 4 is 29.1 Å². The number of amides is 1. The van der Waals surface area contributed by atoms with Gasteiger partial charge in [-0.3, -0.25) is 4.79 Å². The number of halogens is 2. The van der Waals surface area contributed by atoms with E-state index in [4.69, 9.17) is 32.4 Å². The molecule has 0 unspecified atom stereocenters. The molecule has 0 N–H and O–H groups in total. The summed E-state index contributed by atoms with van der Waals surface area (Å²) in [5.41, 5.74) is 0.850. The van der Waals surface area contributed by atoms with Crippen molar-refractivity contribution in [2.75, 3.05) is 19.7 Å². The summed E-state index contributed by atoms with van der Waals surface area (Å²) in [6.45, 7) is 3.69. The molecule has 0 saturated carbocycles. The summed E-state index contributed by atoms with van der Waals surface area (Å²) in [7, 11) is 0. The van der Waals surface area contributed by atoms with E-state index in [0.29, 0.717) is 22.2 Å².